The lowest BCUT2D eigenvalue weighted by Crippen LogP contribution is -2.08. The molecule has 8 rings (SSSR count). The van der Waals surface area contributed by atoms with Gasteiger partial charge in [-0.2, -0.15) is 35.6 Å². The molecule has 0 bridgehead atoms. The number of methoxy groups -OCH3 is 1. The second-order valence-electron chi connectivity index (χ2n) is 15.9. The van der Waals surface area contributed by atoms with Crippen LogP contribution in [0.2, 0.25) is 0 Å². The third kappa shape index (κ3) is 11.8. The maximum Gasteiger partial charge on any atom is 0.296 e. The molecule has 73 heavy (non-hydrogen) atoms. The van der Waals surface area contributed by atoms with Gasteiger partial charge < -0.3 is 19.7 Å². The Bertz CT molecular complexity index is 4000. The van der Waals surface area contributed by atoms with Crippen molar-refractivity contribution in [2.24, 2.45) is 30.7 Å². The number of thioether (sulfide) groups is 1. The van der Waals surface area contributed by atoms with E-state index in [0.29, 0.717) is 42.7 Å². The fourth-order valence-corrected chi connectivity index (χ4v) is 11.3. The van der Waals surface area contributed by atoms with Crippen LogP contribution in [0.3, 0.4) is 0 Å². The van der Waals surface area contributed by atoms with E-state index in [1.54, 1.807) is 56.3 Å². The van der Waals surface area contributed by atoms with Crippen molar-refractivity contribution in [1.82, 2.24) is 14.4 Å². The molecule has 23 nitrogen and oxygen atoms in total. The highest BCUT2D eigenvalue weighted by Gasteiger charge is 2.23. The van der Waals surface area contributed by atoms with Crippen molar-refractivity contribution < 1.29 is 58.6 Å². The molecule has 5 N–H and O–H groups in total. The zero-order chi connectivity index (χ0) is 52.4. The summed E-state index contributed by atoms with van der Waals surface area (Å²) in [6.45, 7) is 2.44. The van der Waals surface area contributed by atoms with Gasteiger partial charge in [0.25, 0.3) is 30.4 Å². The van der Waals surface area contributed by atoms with Crippen LogP contribution in [-0.2, 0) is 37.0 Å². The number of rotatable bonds is 19. The van der Waals surface area contributed by atoms with Gasteiger partial charge in [-0.3, -0.25) is 18.1 Å². The fraction of sp³-hybridized carbons (Fsp3) is 0.222. The van der Waals surface area contributed by atoms with E-state index in [1.807, 2.05) is 0 Å². The molecule has 0 amide bonds. The van der Waals surface area contributed by atoms with Gasteiger partial charge in [-0.05, 0) is 79.8 Å². The molecule has 0 fully saturated rings. The molecule has 3 aromatic heterocycles. The van der Waals surface area contributed by atoms with E-state index in [0.717, 1.165) is 23.1 Å². The number of aromatic nitrogens is 3. The van der Waals surface area contributed by atoms with Crippen LogP contribution in [0, 0.1) is 25.2 Å². The highest BCUT2D eigenvalue weighted by molar-refractivity contribution is 7.99. The number of nitrogens with zero attached hydrogens (tertiary/aromatic N) is 10. The molecule has 5 aromatic carbocycles. The van der Waals surface area contributed by atoms with E-state index in [-0.39, 0.29) is 98.3 Å². The number of aromatic hydroxyl groups is 1. The Morgan fingerprint density at radius 3 is 2.23 bits per heavy atom. The number of hydrogen-bond acceptors (Lipinski definition) is 21. The number of nitriles is 1. The van der Waals surface area contributed by atoms with E-state index in [1.165, 1.54) is 41.8 Å². The van der Waals surface area contributed by atoms with Crippen LogP contribution in [0.15, 0.2) is 113 Å². The average Bonchev–Trinajstić information content (AvgIpc) is 3.94. The van der Waals surface area contributed by atoms with Crippen molar-refractivity contribution in [1.29, 1.82) is 5.26 Å². The monoisotopic (exact) mass is 1090 g/mol. The van der Waals surface area contributed by atoms with Gasteiger partial charge in [-0.15, -0.1) is 37.3 Å². The topological polar surface area (TPSA) is 350 Å². The minimum Gasteiger partial charge on any atom is -0.497 e. The Labute approximate surface area is 423 Å². The lowest BCUT2D eigenvalue weighted by molar-refractivity contribution is 0.282. The quantitative estimate of drug-likeness (QED) is 0.0217. The Balaban J connectivity index is 1.17. The Hall–Kier alpha value is -7.07. The maximum atomic E-state index is 12.4. The van der Waals surface area contributed by atoms with Crippen molar-refractivity contribution in [3.63, 3.8) is 0 Å². The number of azo groups is 3. The molecule has 0 unspecified atom stereocenters. The number of thiazole rings is 1. The molecular weight excluding hydrogens is 1050 g/mol. The van der Waals surface area contributed by atoms with Gasteiger partial charge in [0.1, 0.15) is 39.2 Å². The number of aliphatic hydroxyl groups is 1. The predicted molar refractivity (Wildman–Crippen MR) is 272 cm³/mol. The van der Waals surface area contributed by atoms with Crippen LogP contribution in [0.1, 0.15) is 35.1 Å². The van der Waals surface area contributed by atoms with Crippen molar-refractivity contribution in [2.45, 2.75) is 43.1 Å². The second-order valence-corrected chi connectivity index (χ2v) is 22.6. The van der Waals surface area contributed by atoms with E-state index < -0.39 is 53.4 Å². The van der Waals surface area contributed by atoms with E-state index in [4.69, 9.17) is 9.47 Å². The number of pyridine rings is 1. The first-order valence-electron chi connectivity index (χ1n) is 21.4. The van der Waals surface area contributed by atoms with Gasteiger partial charge in [0, 0.05) is 33.5 Å². The minimum atomic E-state index is -4.69. The van der Waals surface area contributed by atoms with E-state index in [2.05, 4.69) is 46.7 Å². The first-order chi connectivity index (χ1) is 34.7. The Morgan fingerprint density at radius 2 is 1.52 bits per heavy atom. The van der Waals surface area contributed by atoms with Crippen molar-refractivity contribution in [2.75, 3.05) is 31.0 Å². The van der Waals surface area contributed by atoms with Crippen molar-refractivity contribution in [3.8, 4) is 23.4 Å². The highest BCUT2D eigenvalue weighted by Crippen LogP contribution is 2.44. The number of aryl methyl sites for hydroxylation is 1. The molecule has 3 heterocycles. The molecule has 0 aliphatic heterocycles. The lowest BCUT2D eigenvalue weighted by atomic mass is 10.1. The van der Waals surface area contributed by atoms with Gasteiger partial charge in [-0.25, -0.2) is 9.97 Å². The smallest absolute Gasteiger partial charge is 0.296 e. The third-order valence-corrected chi connectivity index (χ3v) is 15.5. The number of ether oxygens (including phenoxy) is 2. The first-order valence-corrected chi connectivity index (χ1v) is 27.9. The average molecular weight is 1090 g/mol. The molecule has 378 valence electrons. The molecule has 0 saturated heterocycles. The number of aliphatic hydroxyl groups excluding tert-OH is 1. The summed E-state index contributed by atoms with van der Waals surface area (Å²) in [6.07, 6.45) is -0.104. The summed E-state index contributed by atoms with van der Waals surface area (Å²) in [5.74, 6) is -0.832. The summed E-state index contributed by atoms with van der Waals surface area (Å²) in [5.41, 5.74) is 2.65. The van der Waals surface area contributed by atoms with Gasteiger partial charge in [0.2, 0.25) is 11.0 Å². The Morgan fingerprint density at radius 1 is 0.808 bits per heavy atom. The summed E-state index contributed by atoms with van der Waals surface area (Å²) >= 11 is 2.15. The molecular formula is C45H40N10O13S5. The van der Waals surface area contributed by atoms with Gasteiger partial charge in [0.15, 0.2) is 11.3 Å². The molecule has 8 aromatic rings. The van der Waals surface area contributed by atoms with Crippen molar-refractivity contribution >= 4 is 125 Å². The largest absolute Gasteiger partial charge is 0.497 e. The minimum absolute atomic E-state index is 0.0155. The van der Waals surface area contributed by atoms with Crippen LogP contribution in [0.4, 0.5) is 33.6 Å². The molecule has 0 atom stereocenters. The summed E-state index contributed by atoms with van der Waals surface area (Å²) < 4.78 is 113. The maximum absolute atomic E-state index is 12.4. The molecule has 0 radical (unpaired) electrons. The first kappa shape index (κ1) is 52.3. The van der Waals surface area contributed by atoms with Crippen LogP contribution >= 0.6 is 23.1 Å². The Kier molecular flexibility index (Phi) is 15.2. The van der Waals surface area contributed by atoms with E-state index in [9.17, 15) is 54.4 Å². The second kappa shape index (κ2) is 21.2. The molecule has 0 spiro atoms. The summed E-state index contributed by atoms with van der Waals surface area (Å²) in [7, 11) is -11.8. The van der Waals surface area contributed by atoms with Crippen molar-refractivity contribution in [3.05, 3.63) is 95.1 Å². The molecule has 0 saturated carbocycles. The van der Waals surface area contributed by atoms with Crippen LogP contribution in [0.25, 0.3) is 37.7 Å². The van der Waals surface area contributed by atoms with Crippen LogP contribution in [-0.4, -0.2) is 94.5 Å². The zero-order valence-corrected chi connectivity index (χ0v) is 42.5. The number of hydrogen-bond donors (Lipinski definition) is 5. The van der Waals surface area contributed by atoms with Gasteiger partial charge in [0.05, 0.1) is 64.6 Å². The molecule has 28 heteroatoms. The van der Waals surface area contributed by atoms with Gasteiger partial charge in [-0.1, -0.05) is 35.6 Å². The summed E-state index contributed by atoms with van der Waals surface area (Å²) in [5, 5.41) is 59.8. The van der Waals surface area contributed by atoms with Crippen LogP contribution in [0.5, 0.6) is 17.4 Å². The number of imidazole rings is 1. The summed E-state index contributed by atoms with van der Waals surface area (Å²) in [4.78, 5) is 8.87. The SMILES string of the molecule is COc1ccc2c(c1)nc1c(C#N)c(C)c(N=Nc3cc(C)c(N=Nc4cc(CO)c(N=Nc5nc6c(S(=O)(=O)O)cc7ccccc7c6s5)cc4SCCCS(=O)(=O)O)cc3OCCCS(=O)(=O)O)c(O)n12. The standard InChI is InChI=1S/C45H40N10O13S5/c1-24-16-34(51-53-40-25(2)30(22-46)43-47-33-19-28(67-3)10-11-36(33)55(43)44(40)57)37(68-12-6-14-71(58,59)60)20-31(24)49-52-35-17-27(23-56)32(21-38(35)69-13-7-15-72(61,62)63)50-54-45-48-41-39(73(64,65)66)18-26-8-4-5-9-29(26)42(41)70-45/h4-5,8-11,16-21,56-57H,6-7,12-15,23H2,1-3H3,(H,58,59,60)(H,61,62,63)(H,64,65,66). The number of benzene rings is 5. The molecule has 0 aliphatic rings. The fourth-order valence-electron chi connectivity index (χ4n) is 7.45. The van der Waals surface area contributed by atoms with Crippen LogP contribution < -0.4 is 9.47 Å². The summed E-state index contributed by atoms with van der Waals surface area (Å²) in [6, 6.07) is 21.3. The highest BCUT2D eigenvalue weighted by atomic mass is 32.2. The van der Waals surface area contributed by atoms with Gasteiger partial charge >= 0.3 is 0 Å². The zero-order valence-electron chi connectivity index (χ0n) is 38.4. The third-order valence-electron chi connectivity index (χ3n) is 11.0. The number of fused-ring (bicyclic) bond motifs is 6. The lowest BCUT2D eigenvalue weighted by Gasteiger charge is -2.12. The molecule has 0 aliphatic carbocycles. The van der Waals surface area contributed by atoms with E-state index >= 15 is 0 Å². The normalized spacial score (nSPS) is 12.7. The predicted octanol–water partition coefficient (Wildman–Crippen LogP) is 10.5.